The predicted molar refractivity (Wildman–Crippen MR) is 105 cm³/mol. The number of aromatic nitrogens is 1. The largest absolute Gasteiger partial charge is 0.457 e. The summed E-state index contributed by atoms with van der Waals surface area (Å²) in [5, 5.41) is 0. The Morgan fingerprint density at radius 3 is 2.30 bits per heavy atom. The van der Waals surface area contributed by atoms with E-state index in [4.69, 9.17) is 4.74 Å². The Balaban J connectivity index is 1.52. The fourth-order valence-corrected chi connectivity index (χ4v) is 2.70. The first-order chi connectivity index (χ1) is 13.1. The number of hydrogen-bond donors (Lipinski definition) is 0. The molecule has 0 aliphatic rings. The van der Waals surface area contributed by atoms with Gasteiger partial charge in [0.05, 0.1) is 0 Å². The van der Waals surface area contributed by atoms with E-state index < -0.39 is 0 Å². The lowest BCUT2D eigenvalue weighted by Gasteiger charge is -2.18. The highest BCUT2D eigenvalue weighted by atomic mass is 16.5. The summed E-state index contributed by atoms with van der Waals surface area (Å²) < 4.78 is 7.31. The van der Waals surface area contributed by atoms with Gasteiger partial charge in [0.25, 0.3) is 5.56 Å². The number of nitrogens with zero attached hydrogens (tertiary/aromatic N) is 2. The molecule has 0 spiro atoms. The normalized spacial score (nSPS) is 10.4. The molecule has 27 heavy (non-hydrogen) atoms. The Kier molecular flexibility index (Phi) is 6.05. The first-order valence-electron chi connectivity index (χ1n) is 8.83. The number of benzene rings is 2. The average Bonchev–Trinajstić information content (AvgIpc) is 2.69. The van der Waals surface area contributed by atoms with Gasteiger partial charge in [-0.1, -0.05) is 36.4 Å². The molecule has 0 atom stereocenters. The number of ether oxygens (including phenoxy) is 1. The molecule has 1 aromatic heterocycles. The van der Waals surface area contributed by atoms with E-state index in [0.29, 0.717) is 13.1 Å². The third-order valence-electron chi connectivity index (χ3n) is 4.21. The number of aryl methyl sites for hydroxylation is 1. The first kappa shape index (κ1) is 18.5. The molecule has 0 radical (unpaired) electrons. The molecule has 0 bridgehead atoms. The molecule has 0 fully saturated rings. The van der Waals surface area contributed by atoms with Gasteiger partial charge >= 0.3 is 0 Å². The van der Waals surface area contributed by atoms with Crippen molar-refractivity contribution in [3.63, 3.8) is 0 Å². The zero-order chi connectivity index (χ0) is 19.1. The van der Waals surface area contributed by atoms with Crippen molar-refractivity contribution in [1.82, 2.24) is 9.47 Å². The maximum Gasteiger partial charge on any atom is 0.250 e. The molecule has 0 N–H and O–H groups in total. The third kappa shape index (κ3) is 5.31. The second-order valence-electron chi connectivity index (χ2n) is 6.29. The van der Waals surface area contributed by atoms with Crippen LogP contribution in [0.3, 0.4) is 0 Å². The fourth-order valence-electron chi connectivity index (χ4n) is 2.70. The number of carbonyl (C=O) groups excluding carboxylic acids is 1. The Hall–Kier alpha value is -3.34. The molecule has 1 amide bonds. The van der Waals surface area contributed by atoms with E-state index in [9.17, 15) is 9.59 Å². The quantitative estimate of drug-likeness (QED) is 0.644. The van der Waals surface area contributed by atoms with Gasteiger partial charge in [-0.05, 0) is 35.9 Å². The van der Waals surface area contributed by atoms with E-state index >= 15 is 0 Å². The number of carbonyl (C=O) groups is 1. The maximum atomic E-state index is 12.3. The Morgan fingerprint density at radius 2 is 1.59 bits per heavy atom. The minimum atomic E-state index is -0.0954. The molecular weight excluding hydrogens is 340 g/mol. The van der Waals surface area contributed by atoms with Crippen LogP contribution in [0.25, 0.3) is 0 Å². The number of amides is 1. The second-order valence-corrected chi connectivity index (χ2v) is 6.29. The van der Waals surface area contributed by atoms with E-state index in [-0.39, 0.29) is 17.9 Å². The van der Waals surface area contributed by atoms with Crippen LogP contribution in [0.2, 0.25) is 0 Å². The number of pyridine rings is 1. The van der Waals surface area contributed by atoms with Crippen LogP contribution in [0.1, 0.15) is 12.0 Å². The molecule has 2 aromatic carbocycles. The molecule has 0 saturated carbocycles. The van der Waals surface area contributed by atoms with E-state index in [1.807, 2.05) is 54.6 Å². The summed E-state index contributed by atoms with van der Waals surface area (Å²) in [5.74, 6) is 1.53. The van der Waals surface area contributed by atoms with E-state index in [1.165, 1.54) is 6.07 Å². The molecule has 5 nitrogen and oxygen atoms in total. The molecule has 0 aliphatic heterocycles. The van der Waals surface area contributed by atoms with Crippen LogP contribution < -0.4 is 10.3 Å². The average molecular weight is 362 g/mol. The van der Waals surface area contributed by atoms with Crippen molar-refractivity contribution in [2.45, 2.75) is 19.5 Å². The number of rotatable bonds is 7. The molecule has 0 aliphatic carbocycles. The van der Waals surface area contributed by atoms with Crippen molar-refractivity contribution < 1.29 is 9.53 Å². The molecular formula is C22H22N2O3. The highest BCUT2D eigenvalue weighted by molar-refractivity contribution is 5.75. The second kappa shape index (κ2) is 8.85. The SMILES string of the molecule is CN(Cc1ccc(Oc2ccccc2)cc1)C(=O)CCn1ccccc1=O. The Labute approximate surface area is 158 Å². The van der Waals surface area contributed by atoms with Crippen LogP contribution >= 0.6 is 0 Å². The van der Waals surface area contributed by atoms with E-state index in [2.05, 4.69) is 0 Å². The van der Waals surface area contributed by atoms with Gasteiger partial charge in [-0.15, -0.1) is 0 Å². The van der Waals surface area contributed by atoms with Gasteiger partial charge in [0.15, 0.2) is 0 Å². The summed E-state index contributed by atoms with van der Waals surface area (Å²) in [5.41, 5.74) is 0.921. The van der Waals surface area contributed by atoms with Crippen LogP contribution in [0.15, 0.2) is 83.8 Å². The lowest BCUT2D eigenvalue weighted by atomic mass is 10.2. The lowest BCUT2D eigenvalue weighted by Crippen LogP contribution is -2.28. The minimum Gasteiger partial charge on any atom is -0.457 e. The van der Waals surface area contributed by atoms with Crippen molar-refractivity contribution in [2.75, 3.05) is 7.05 Å². The van der Waals surface area contributed by atoms with Gasteiger partial charge in [0, 0.05) is 38.8 Å². The monoisotopic (exact) mass is 362 g/mol. The van der Waals surface area contributed by atoms with Gasteiger partial charge in [0.2, 0.25) is 5.91 Å². The Morgan fingerprint density at radius 1 is 0.926 bits per heavy atom. The maximum absolute atomic E-state index is 12.3. The molecule has 3 rings (SSSR count). The van der Waals surface area contributed by atoms with Gasteiger partial charge in [0.1, 0.15) is 11.5 Å². The van der Waals surface area contributed by atoms with Crippen molar-refractivity contribution in [1.29, 1.82) is 0 Å². The molecule has 3 aromatic rings. The summed E-state index contributed by atoms with van der Waals surface area (Å²) >= 11 is 0. The zero-order valence-electron chi connectivity index (χ0n) is 15.2. The third-order valence-corrected chi connectivity index (χ3v) is 4.21. The van der Waals surface area contributed by atoms with Crippen molar-refractivity contribution in [2.24, 2.45) is 0 Å². The van der Waals surface area contributed by atoms with Gasteiger partial charge in [-0.2, -0.15) is 0 Å². The first-order valence-corrected chi connectivity index (χ1v) is 8.83. The van der Waals surface area contributed by atoms with E-state index in [0.717, 1.165) is 17.1 Å². The standard InChI is InChI=1S/C22H22N2O3/c1-23(21(25)14-16-24-15-6-5-9-22(24)26)17-18-10-12-20(13-11-18)27-19-7-3-2-4-8-19/h2-13,15H,14,16-17H2,1H3. The van der Waals surface area contributed by atoms with Crippen molar-refractivity contribution >= 4 is 5.91 Å². The van der Waals surface area contributed by atoms with Crippen molar-refractivity contribution in [3.05, 3.63) is 94.9 Å². The lowest BCUT2D eigenvalue weighted by molar-refractivity contribution is -0.130. The highest BCUT2D eigenvalue weighted by Crippen LogP contribution is 2.21. The minimum absolute atomic E-state index is 0.00429. The molecule has 138 valence electrons. The van der Waals surface area contributed by atoms with Gasteiger partial charge in [-0.25, -0.2) is 0 Å². The summed E-state index contributed by atoms with van der Waals surface area (Å²) in [6, 6.07) is 22.2. The molecule has 5 heteroatoms. The van der Waals surface area contributed by atoms with Crippen molar-refractivity contribution in [3.8, 4) is 11.5 Å². The zero-order valence-corrected chi connectivity index (χ0v) is 15.2. The fraction of sp³-hybridized carbons (Fsp3) is 0.182. The van der Waals surface area contributed by atoms with Crippen LogP contribution in [0, 0.1) is 0 Å². The summed E-state index contributed by atoms with van der Waals surface area (Å²) in [4.78, 5) is 25.7. The number of hydrogen-bond acceptors (Lipinski definition) is 3. The predicted octanol–water partition coefficient (Wildman–Crippen LogP) is 3.69. The molecule has 0 saturated heterocycles. The van der Waals surface area contributed by atoms with E-state index in [1.54, 1.807) is 34.8 Å². The molecule has 1 heterocycles. The van der Waals surface area contributed by atoms with Crippen LogP contribution in [0.5, 0.6) is 11.5 Å². The van der Waals surface area contributed by atoms with Gasteiger partial charge < -0.3 is 14.2 Å². The summed E-state index contributed by atoms with van der Waals surface area (Å²) in [6.07, 6.45) is 1.98. The van der Waals surface area contributed by atoms with Crippen LogP contribution in [-0.2, 0) is 17.9 Å². The Bertz CT molecular complexity index is 934. The van der Waals surface area contributed by atoms with Crippen LogP contribution in [-0.4, -0.2) is 22.4 Å². The summed E-state index contributed by atoms with van der Waals surface area (Å²) in [6.45, 7) is 0.890. The smallest absolute Gasteiger partial charge is 0.250 e. The highest BCUT2D eigenvalue weighted by Gasteiger charge is 2.10. The van der Waals surface area contributed by atoms with Crippen LogP contribution in [0.4, 0.5) is 0 Å². The topological polar surface area (TPSA) is 51.5 Å². The molecule has 0 unspecified atom stereocenters. The van der Waals surface area contributed by atoms with Gasteiger partial charge in [-0.3, -0.25) is 9.59 Å². The number of para-hydroxylation sites is 1. The summed E-state index contributed by atoms with van der Waals surface area (Å²) in [7, 11) is 1.77.